The lowest BCUT2D eigenvalue weighted by Gasteiger charge is -2.35. The van der Waals surface area contributed by atoms with E-state index in [1.165, 1.54) is 29.8 Å². The van der Waals surface area contributed by atoms with Crippen LogP contribution in [-0.2, 0) is 6.54 Å². The third-order valence-corrected chi connectivity index (χ3v) is 5.69. The van der Waals surface area contributed by atoms with Crippen molar-refractivity contribution in [2.75, 3.05) is 43.0 Å². The predicted molar refractivity (Wildman–Crippen MR) is 123 cm³/mol. The molecule has 1 atom stereocenters. The number of hydrogen-bond donors (Lipinski definition) is 2. The maximum atomic E-state index is 4.43. The van der Waals surface area contributed by atoms with E-state index in [1.807, 2.05) is 7.05 Å². The van der Waals surface area contributed by atoms with Crippen molar-refractivity contribution in [3.8, 4) is 0 Å². The van der Waals surface area contributed by atoms with Gasteiger partial charge in [-0.05, 0) is 42.7 Å². The highest BCUT2D eigenvalue weighted by atomic mass is 15.2. The van der Waals surface area contributed by atoms with E-state index in [-0.39, 0.29) is 0 Å². The maximum absolute atomic E-state index is 4.43. The molecular formula is C24H31N5. The minimum absolute atomic E-state index is 0.403. The van der Waals surface area contributed by atoms with Gasteiger partial charge in [0.15, 0.2) is 5.96 Å². The van der Waals surface area contributed by atoms with Crippen LogP contribution in [0.5, 0.6) is 0 Å². The zero-order valence-corrected chi connectivity index (χ0v) is 17.2. The van der Waals surface area contributed by atoms with Gasteiger partial charge in [0.1, 0.15) is 0 Å². The van der Waals surface area contributed by atoms with Crippen LogP contribution >= 0.6 is 0 Å². The third-order valence-electron chi connectivity index (χ3n) is 5.69. The lowest BCUT2D eigenvalue weighted by Crippen LogP contribution is -2.51. The Bertz CT molecular complexity index is 820. The van der Waals surface area contributed by atoms with E-state index in [0.717, 1.165) is 38.7 Å². The summed E-state index contributed by atoms with van der Waals surface area (Å²) in [6.45, 7) is 4.91. The van der Waals surface area contributed by atoms with Crippen LogP contribution in [0.1, 0.15) is 18.4 Å². The van der Waals surface area contributed by atoms with E-state index >= 15 is 0 Å². The molecule has 1 saturated heterocycles. The van der Waals surface area contributed by atoms with Gasteiger partial charge in [0.2, 0.25) is 0 Å². The number of hydrogen-bond acceptors (Lipinski definition) is 3. The average Bonchev–Trinajstić information content (AvgIpc) is 3.33. The number of anilines is 2. The van der Waals surface area contributed by atoms with Gasteiger partial charge in [0.25, 0.3) is 0 Å². The fourth-order valence-electron chi connectivity index (χ4n) is 4.06. The molecule has 0 aromatic heterocycles. The van der Waals surface area contributed by atoms with Crippen LogP contribution in [0, 0.1) is 0 Å². The SMILES string of the molecule is CN=C(NCc1ccc(N2CC=CC2)cc1)NC1CCCN(c2ccccc2)C1. The summed E-state index contributed by atoms with van der Waals surface area (Å²) >= 11 is 0. The van der Waals surface area contributed by atoms with E-state index < -0.39 is 0 Å². The van der Waals surface area contributed by atoms with Gasteiger partial charge in [-0.2, -0.15) is 0 Å². The van der Waals surface area contributed by atoms with Gasteiger partial charge in [0, 0.05) is 57.2 Å². The van der Waals surface area contributed by atoms with Gasteiger partial charge in [-0.25, -0.2) is 0 Å². The molecule has 2 heterocycles. The number of piperidine rings is 1. The van der Waals surface area contributed by atoms with Crippen molar-refractivity contribution in [1.29, 1.82) is 0 Å². The van der Waals surface area contributed by atoms with E-state index in [0.29, 0.717) is 6.04 Å². The lowest BCUT2D eigenvalue weighted by molar-refractivity contribution is 0.468. The normalized spacial score (nSPS) is 19.5. The van der Waals surface area contributed by atoms with Gasteiger partial charge in [-0.15, -0.1) is 0 Å². The molecule has 1 unspecified atom stereocenters. The smallest absolute Gasteiger partial charge is 0.191 e. The predicted octanol–water partition coefficient (Wildman–Crippen LogP) is 3.40. The molecule has 2 aromatic carbocycles. The molecule has 2 aromatic rings. The molecule has 152 valence electrons. The van der Waals surface area contributed by atoms with Gasteiger partial charge in [-0.3, -0.25) is 4.99 Å². The van der Waals surface area contributed by atoms with E-state index in [2.05, 4.69) is 92.2 Å². The molecule has 0 spiro atoms. The van der Waals surface area contributed by atoms with E-state index in [4.69, 9.17) is 0 Å². The molecule has 5 nitrogen and oxygen atoms in total. The second kappa shape index (κ2) is 9.50. The molecule has 5 heteroatoms. The minimum atomic E-state index is 0.403. The third kappa shape index (κ3) is 5.11. The first-order valence-electron chi connectivity index (χ1n) is 10.6. The molecular weight excluding hydrogens is 358 g/mol. The quantitative estimate of drug-likeness (QED) is 0.467. The zero-order valence-electron chi connectivity index (χ0n) is 17.2. The lowest BCUT2D eigenvalue weighted by atomic mass is 10.0. The average molecular weight is 390 g/mol. The van der Waals surface area contributed by atoms with Crippen molar-refractivity contribution in [2.45, 2.75) is 25.4 Å². The van der Waals surface area contributed by atoms with Gasteiger partial charge < -0.3 is 20.4 Å². The Morgan fingerprint density at radius 1 is 0.966 bits per heavy atom. The molecule has 1 fully saturated rings. The van der Waals surface area contributed by atoms with Crippen LogP contribution in [0.2, 0.25) is 0 Å². The monoisotopic (exact) mass is 389 g/mol. The molecule has 2 aliphatic rings. The highest BCUT2D eigenvalue weighted by Gasteiger charge is 2.20. The van der Waals surface area contributed by atoms with Crippen LogP contribution in [0.15, 0.2) is 71.7 Å². The molecule has 2 aliphatic heterocycles. The first-order chi connectivity index (χ1) is 14.3. The first kappa shape index (κ1) is 19.4. The summed E-state index contributed by atoms with van der Waals surface area (Å²) in [6, 6.07) is 19.9. The van der Waals surface area contributed by atoms with E-state index in [1.54, 1.807) is 0 Å². The Balaban J connectivity index is 1.28. The van der Waals surface area contributed by atoms with Crippen molar-refractivity contribution in [3.05, 3.63) is 72.3 Å². The number of para-hydroxylation sites is 1. The van der Waals surface area contributed by atoms with Crippen molar-refractivity contribution >= 4 is 17.3 Å². The largest absolute Gasteiger partial charge is 0.369 e. The second-order valence-corrected chi connectivity index (χ2v) is 7.73. The highest BCUT2D eigenvalue weighted by Crippen LogP contribution is 2.20. The van der Waals surface area contributed by atoms with Crippen molar-refractivity contribution < 1.29 is 0 Å². The first-order valence-corrected chi connectivity index (χ1v) is 10.6. The Labute approximate surface area is 174 Å². The summed E-state index contributed by atoms with van der Waals surface area (Å²) in [7, 11) is 1.84. The van der Waals surface area contributed by atoms with E-state index in [9.17, 15) is 0 Å². The number of nitrogens with zero attached hydrogens (tertiary/aromatic N) is 3. The number of benzene rings is 2. The molecule has 0 amide bonds. The van der Waals surface area contributed by atoms with Crippen LogP contribution in [0.4, 0.5) is 11.4 Å². The number of nitrogens with one attached hydrogen (secondary N) is 2. The molecule has 4 rings (SSSR count). The molecule has 2 N–H and O–H groups in total. The standard InChI is InChI=1S/C24H31N5/c1-25-24(26-18-20-11-13-23(14-12-20)28-15-5-6-16-28)27-21-8-7-17-29(19-21)22-9-3-2-4-10-22/h2-6,9-14,21H,7-8,15-19H2,1H3,(H2,25,26,27). The Hall–Kier alpha value is -2.95. The summed E-state index contributed by atoms with van der Waals surface area (Å²) < 4.78 is 0. The van der Waals surface area contributed by atoms with Crippen molar-refractivity contribution in [2.24, 2.45) is 4.99 Å². The zero-order chi connectivity index (χ0) is 19.9. The summed E-state index contributed by atoms with van der Waals surface area (Å²) in [6.07, 6.45) is 6.80. The van der Waals surface area contributed by atoms with Gasteiger partial charge >= 0.3 is 0 Å². The fraction of sp³-hybridized carbons (Fsp3) is 0.375. The van der Waals surface area contributed by atoms with Crippen LogP contribution in [0.25, 0.3) is 0 Å². The summed E-state index contributed by atoms with van der Waals surface area (Å²) in [5, 5.41) is 7.08. The molecule has 0 radical (unpaired) electrons. The van der Waals surface area contributed by atoms with Crippen molar-refractivity contribution in [3.63, 3.8) is 0 Å². The molecule has 29 heavy (non-hydrogen) atoms. The summed E-state index contributed by atoms with van der Waals surface area (Å²) in [5.41, 5.74) is 3.85. The maximum Gasteiger partial charge on any atom is 0.191 e. The van der Waals surface area contributed by atoms with Gasteiger partial charge in [0.05, 0.1) is 0 Å². The Morgan fingerprint density at radius 2 is 1.69 bits per heavy atom. The number of guanidine groups is 1. The minimum Gasteiger partial charge on any atom is -0.369 e. The van der Waals surface area contributed by atoms with Crippen LogP contribution in [0.3, 0.4) is 0 Å². The second-order valence-electron chi connectivity index (χ2n) is 7.73. The molecule has 0 aliphatic carbocycles. The highest BCUT2D eigenvalue weighted by molar-refractivity contribution is 5.80. The number of rotatable bonds is 5. The number of aliphatic imine (C=N–C) groups is 1. The molecule has 0 bridgehead atoms. The topological polar surface area (TPSA) is 42.9 Å². The van der Waals surface area contributed by atoms with Crippen molar-refractivity contribution in [1.82, 2.24) is 10.6 Å². The summed E-state index contributed by atoms with van der Waals surface area (Å²) in [4.78, 5) is 9.25. The van der Waals surface area contributed by atoms with Gasteiger partial charge in [-0.1, -0.05) is 42.5 Å². The Morgan fingerprint density at radius 3 is 2.41 bits per heavy atom. The fourth-order valence-corrected chi connectivity index (χ4v) is 4.06. The van der Waals surface area contributed by atoms with Crippen LogP contribution < -0.4 is 20.4 Å². The molecule has 0 saturated carbocycles. The summed E-state index contributed by atoms with van der Waals surface area (Å²) in [5.74, 6) is 0.873. The Kier molecular flexibility index (Phi) is 6.35. The van der Waals surface area contributed by atoms with Crippen LogP contribution in [-0.4, -0.2) is 45.2 Å².